The number of pyridine rings is 1. The predicted molar refractivity (Wildman–Crippen MR) is 98.6 cm³/mol. The van der Waals surface area contributed by atoms with Gasteiger partial charge in [0, 0.05) is 25.7 Å². The molecule has 7 heteroatoms. The summed E-state index contributed by atoms with van der Waals surface area (Å²) in [4.78, 5) is 14.4. The summed E-state index contributed by atoms with van der Waals surface area (Å²) in [7, 11) is 0. The predicted octanol–water partition coefficient (Wildman–Crippen LogP) is 3.95. The maximum atomic E-state index is 10.1. The molecule has 1 N–H and O–H groups in total. The first-order valence-electron chi connectivity index (χ1n) is 8.35. The van der Waals surface area contributed by atoms with E-state index in [-0.39, 0.29) is 5.92 Å². The number of hydrogen-bond acceptors (Lipinski definition) is 5. The van der Waals surface area contributed by atoms with Crippen molar-refractivity contribution in [1.29, 1.82) is 0 Å². The van der Waals surface area contributed by atoms with Crippen molar-refractivity contribution in [3.05, 3.63) is 21.8 Å². The minimum absolute atomic E-state index is 0.184. The molecule has 2 aliphatic heterocycles. The number of nitrogens with one attached hydrogen (secondary N) is 1. The molecule has 0 aromatic carbocycles. The summed E-state index contributed by atoms with van der Waals surface area (Å²) in [6.45, 7) is 4.14. The van der Waals surface area contributed by atoms with E-state index >= 15 is 0 Å². The van der Waals surface area contributed by atoms with Crippen molar-refractivity contribution >= 4 is 39.6 Å². The highest BCUT2D eigenvalue weighted by Gasteiger charge is 2.13. The summed E-state index contributed by atoms with van der Waals surface area (Å²) >= 11 is 9.18. The lowest BCUT2D eigenvalue weighted by Gasteiger charge is -2.22. The second-order valence-electron chi connectivity index (χ2n) is 6.05. The smallest absolute Gasteiger partial charge is 0.127 e. The van der Waals surface area contributed by atoms with Crippen LogP contribution in [-0.2, 0) is 14.3 Å². The molecule has 1 aromatic rings. The van der Waals surface area contributed by atoms with Gasteiger partial charge in [0.25, 0.3) is 0 Å². The average Bonchev–Trinajstić information content (AvgIpc) is 2.65. The summed E-state index contributed by atoms with van der Waals surface area (Å²) in [5.74, 6) is 1.62. The molecule has 0 radical (unpaired) electrons. The van der Waals surface area contributed by atoms with Gasteiger partial charge in [0.1, 0.15) is 16.7 Å². The lowest BCUT2D eigenvalue weighted by Crippen LogP contribution is -2.24. The van der Waals surface area contributed by atoms with E-state index in [9.17, 15) is 4.79 Å². The normalized spacial score (nSPS) is 23.8. The van der Waals surface area contributed by atoms with E-state index in [1.165, 1.54) is 6.42 Å². The zero-order valence-electron chi connectivity index (χ0n) is 13.7. The Bertz CT molecular complexity index is 507. The van der Waals surface area contributed by atoms with Gasteiger partial charge >= 0.3 is 0 Å². The summed E-state index contributed by atoms with van der Waals surface area (Å²) in [5.41, 5.74) is 0. The fourth-order valence-electron chi connectivity index (χ4n) is 2.61. The molecule has 3 rings (SSSR count). The molecule has 2 aliphatic rings. The molecular formula is C17H24BrClN2O3. The van der Waals surface area contributed by atoms with Crippen LogP contribution in [-0.4, -0.2) is 44.2 Å². The fraction of sp³-hybridized carbons (Fsp3) is 0.647. The first-order valence-corrected chi connectivity index (χ1v) is 9.53. The molecule has 2 saturated heterocycles. The number of rotatable bonds is 4. The van der Waals surface area contributed by atoms with Crippen LogP contribution in [0.15, 0.2) is 16.7 Å². The topological polar surface area (TPSA) is 60.5 Å². The van der Waals surface area contributed by atoms with Gasteiger partial charge in [-0.25, -0.2) is 4.98 Å². The average molecular weight is 420 g/mol. The second kappa shape index (κ2) is 11.0. The molecule has 0 saturated carbocycles. The van der Waals surface area contributed by atoms with E-state index in [4.69, 9.17) is 21.1 Å². The Morgan fingerprint density at radius 1 is 1.25 bits per heavy atom. The van der Waals surface area contributed by atoms with Crippen LogP contribution in [0.3, 0.4) is 0 Å². The van der Waals surface area contributed by atoms with Gasteiger partial charge in [0.2, 0.25) is 0 Å². The number of aromatic nitrogens is 1. The van der Waals surface area contributed by atoms with E-state index in [0.717, 1.165) is 57.7 Å². The van der Waals surface area contributed by atoms with Crippen molar-refractivity contribution in [3.63, 3.8) is 0 Å². The van der Waals surface area contributed by atoms with Crippen LogP contribution in [0.2, 0.25) is 5.02 Å². The largest absolute Gasteiger partial charge is 0.381 e. The molecule has 0 spiro atoms. The standard InChI is InChI=1S/C11H14BrClN2O.C6H10O2/c12-11-9(13)3-4-10(15-11)14-6-8-2-1-5-16-7-8;7-4-6-2-1-3-8-5-6/h3-4,8H,1-2,5-7H2,(H,14,15);4,6H,1-3,5H2. The molecule has 1 aromatic heterocycles. The van der Waals surface area contributed by atoms with E-state index in [0.29, 0.717) is 22.2 Å². The summed E-state index contributed by atoms with van der Waals surface area (Å²) in [6, 6.07) is 3.72. The molecule has 2 atom stereocenters. The maximum Gasteiger partial charge on any atom is 0.127 e. The van der Waals surface area contributed by atoms with Gasteiger partial charge in [0.15, 0.2) is 0 Å². The first-order chi connectivity index (χ1) is 11.7. The molecule has 0 amide bonds. The summed E-state index contributed by atoms with van der Waals surface area (Å²) < 4.78 is 11.1. The molecule has 134 valence electrons. The first kappa shape index (κ1) is 19.6. The number of aldehydes is 1. The van der Waals surface area contributed by atoms with Gasteiger partial charge < -0.3 is 19.6 Å². The minimum atomic E-state index is 0.184. The number of hydrogen-bond donors (Lipinski definition) is 1. The highest BCUT2D eigenvalue weighted by atomic mass is 79.9. The summed E-state index contributed by atoms with van der Waals surface area (Å²) in [5, 5.41) is 3.93. The van der Waals surface area contributed by atoms with Crippen molar-refractivity contribution < 1.29 is 14.3 Å². The third-order valence-electron chi connectivity index (χ3n) is 4.02. The number of anilines is 1. The highest BCUT2D eigenvalue weighted by molar-refractivity contribution is 9.10. The van der Waals surface area contributed by atoms with Gasteiger partial charge in [-0.15, -0.1) is 0 Å². The number of carbonyl (C=O) groups excluding carboxylic acids is 1. The van der Waals surface area contributed by atoms with Crippen molar-refractivity contribution in [2.45, 2.75) is 25.7 Å². The molecule has 24 heavy (non-hydrogen) atoms. The highest BCUT2D eigenvalue weighted by Crippen LogP contribution is 2.22. The summed E-state index contributed by atoms with van der Waals surface area (Å²) in [6.07, 6.45) is 5.43. The van der Waals surface area contributed by atoms with Crippen LogP contribution in [0.1, 0.15) is 25.7 Å². The number of ether oxygens (including phenoxy) is 2. The van der Waals surface area contributed by atoms with Crippen molar-refractivity contribution in [1.82, 2.24) is 4.98 Å². The van der Waals surface area contributed by atoms with Crippen LogP contribution in [0.4, 0.5) is 5.82 Å². The van der Waals surface area contributed by atoms with E-state index in [2.05, 4.69) is 26.2 Å². The van der Waals surface area contributed by atoms with Gasteiger partial charge in [-0.2, -0.15) is 0 Å². The Morgan fingerprint density at radius 3 is 2.54 bits per heavy atom. The van der Waals surface area contributed by atoms with E-state index < -0.39 is 0 Å². The quantitative estimate of drug-likeness (QED) is 0.591. The lowest BCUT2D eigenvalue weighted by molar-refractivity contribution is -0.114. The van der Waals surface area contributed by atoms with Crippen molar-refractivity contribution in [2.24, 2.45) is 11.8 Å². The molecule has 3 heterocycles. The Labute approximate surface area is 156 Å². The molecule has 0 bridgehead atoms. The Balaban J connectivity index is 0.000000219. The van der Waals surface area contributed by atoms with E-state index in [1.54, 1.807) is 0 Å². The van der Waals surface area contributed by atoms with Gasteiger partial charge in [-0.1, -0.05) is 11.6 Å². The second-order valence-corrected chi connectivity index (χ2v) is 7.20. The number of nitrogens with zero attached hydrogens (tertiary/aromatic N) is 1. The third kappa shape index (κ3) is 7.05. The SMILES string of the molecule is Clc1ccc(NCC2CCCOC2)nc1Br.O=CC1CCCOC1. The van der Waals surface area contributed by atoms with Crippen LogP contribution < -0.4 is 5.32 Å². The molecule has 5 nitrogen and oxygen atoms in total. The van der Waals surface area contributed by atoms with Gasteiger partial charge in [-0.3, -0.25) is 0 Å². The minimum Gasteiger partial charge on any atom is -0.381 e. The zero-order valence-corrected chi connectivity index (χ0v) is 16.0. The van der Waals surface area contributed by atoms with Gasteiger partial charge in [-0.05, 0) is 59.7 Å². The Hall–Kier alpha value is -0.690. The monoisotopic (exact) mass is 418 g/mol. The zero-order chi connectivity index (χ0) is 17.2. The molecule has 0 aliphatic carbocycles. The number of halogens is 2. The van der Waals surface area contributed by atoms with Crippen LogP contribution in [0.25, 0.3) is 0 Å². The Morgan fingerprint density at radius 2 is 2.00 bits per heavy atom. The maximum absolute atomic E-state index is 10.1. The van der Waals surface area contributed by atoms with Crippen molar-refractivity contribution in [2.75, 3.05) is 38.3 Å². The van der Waals surface area contributed by atoms with Crippen LogP contribution in [0, 0.1) is 11.8 Å². The van der Waals surface area contributed by atoms with Crippen LogP contribution in [0.5, 0.6) is 0 Å². The Kier molecular flexibility index (Phi) is 9.02. The number of carbonyl (C=O) groups is 1. The van der Waals surface area contributed by atoms with Crippen molar-refractivity contribution in [3.8, 4) is 0 Å². The third-order valence-corrected chi connectivity index (χ3v) is 5.16. The van der Waals surface area contributed by atoms with Gasteiger partial charge in [0.05, 0.1) is 18.2 Å². The molecule has 2 unspecified atom stereocenters. The van der Waals surface area contributed by atoms with E-state index in [1.807, 2.05) is 12.1 Å². The molecule has 2 fully saturated rings. The fourth-order valence-corrected chi connectivity index (χ4v) is 3.03. The lowest BCUT2D eigenvalue weighted by atomic mass is 10.0. The van der Waals surface area contributed by atoms with Crippen LogP contribution >= 0.6 is 27.5 Å². The molecular weight excluding hydrogens is 396 g/mol.